The standard InChI is InChI=1S/C50H35N3/c1-50(2)42-16-9-10-17-46(42)53-47-18-11-27-51-48(47)41-30-37(31-43(50)49(41)53)34-19-23-38(24-20-34)52-44-25-21-35(32-12-5-3-6-13-32)28-39(44)40-29-36(22-26-45(40)52)33-14-7-4-8-15-33/h3-31H,1-2H3. The molecule has 0 fully saturated rings. The molecule has 1 aliphatic rings. The molecule has 0 N–H and O–H groups in total. The fraction of sp³-hybridized carbons (Fsp3) is 0.0600. The van der Waals surface area contributed by atoms with Crippen LogP contribution in [-0.2, 0) is 5.41 Å². The molecule has 3 heteroatoms. The topological polar surface area (TPSA) is 22.8 Å². The van der Waals surface area contributed by atoms with Gasteiger partial charge in [-0.15, -0.1) is 0 Å². The van der Waals surface area contributed by atoms with Crippen molar-refractivity contribution in [3.05, 3.63) is 187 Å². The number of hydrogen-bond acceptors (Lipinski definition) is 1. The third-order valence-electron chi connectivity index (χ3n) is 11.5. The average Bonchev–Trinajstić information content (AvgIpc) is 3.73. The average molecular weight is 678 g/mol. The first-order chi connectivity index (χ1) is 26.0. The summed E-state index contributed by atoms with van der Waals surface area (Å²) in [5.74, 6) is 0. The van der Waals surface area contributed by atoms with Crippen LogP contribution >= 0.6 is 0 Å². The van der Waals surface area contributed by atoms with E-state index in [1.165, 1.54) is 82.9 Å². The van der Waals surface area contributed by atoms with Crippen molar-refractivity contribution in [2.45, 2.75) is 19.3 Å². The first kappa shape index (κ1) is 30.0. The lowest BCUT2D eigenvalue weighted by atomic mass is 9.74. The minimum atomic E-state index is -0.171. The molecule has 250 valence electrons. The molecule has 0 amide bonds. The van der Waals surface area contributed by atoms with Crippen LogP contribution in [0.1, 0.15) is 25.0 Å². The molecule has 3 aromatic heterocycles. The maximum atomic E-state index is 4.93. The van der Waals surface area contributed by atoms with Crippen LogP contribution in [0, 0.1) is 0 Å². The fourth-order valence-electron chi connectivity index (χ4n) is 8.92. The summed E-state index contributed by atoms with van der Waals surface area (Å²) in [5, 5.41) is 3.70. The van der Waals surface area contributed by atoms with Crippen molar-refractivity contribution in [1.29, 1.82) is 0 Å². The highest BCUT2D eigenvalue weighted by Gasteiger charge is 2.35. The third-order valence-corrected chi connectivity index (χ3v) is 11.5. The Kier molecular flexibility index (Phi) is 6.30. The summed E-state index contributed by atoms with van der Waals surface area (Å²) in [5.41, 5.74) is 18.0. The smallest absolute Gasteiger partial charge is 0.0963 e. The number of nitrogens with zero attached hydrogens (tertiary/aromatic N) is 3. The Bertz CT molecular complexity index is 2960. The lowest BCUT2D eigenvalue weighted by Crippen LogP contribution is -2.26. The predicted octanol–water partition coefficient (Wildman–Crippen LogP) is 12.9. The number of fused-ring (bicyclic) bond motifs is 8. The number of pyridine rings is 1. The van der Waals surface area contributed by atoms with Crippen molar-refractivity contribution < 1.29 is 0 Å². The normalized spacial score (nSPS) is 13.2. The molecule has 4 heterocycles. The molecule has 0 bridgehead atoms. The zero-order chi connectivity index (χ0) is 35.3. The van der Waals surface area contributed by atoms with Gasteiger partial charge in [-0.3, -0.25) is 4.98 Å². The minimum absolute atomic E-state index is 0.171. The number of aromatic nitrogens is 3. The van der Waals surface area contributed by atoms with Gasteiger partial charge >= 0.3 is 0 Å². The molecule has 0 saturated heterocycles. The lowest BCUT2D eigenvalue weighted by molar-refractivity contribution is 0.630. The second-order valence-corrected chi connectivity index (χ2v) is 14.8. The van der Waals surface area contributed by atoms with E-state index in [9.17, 15) is 0 Å². The summed E-state index contributed by atoms with van der Waals surface area (Å²) in [6.07, 6.45) is 1.92. The van der Waals surface area contributed by atoms with Gasteiger partial charge in [0.1, 0.15) is 0 Å². The summed E-state index contributed by atoms with van der Waals surface area (Å²) >= 11 is 0. The van der Waals surface area contributed by atoms with E-state index in [4.69, 9.17) is 4.98 Å². The first-order valence-corrected chi connectivity index (χ1v) is 18.4. The largest absolute Gasteiger partial charge is 0.309 e. The monoisotopic (exact) mass is 677 g/mol. The van der Waals surface area contributed by atoms with Crippen LogP contribution in [0.2, 0.25) is 0 Å². The molecule has 0 spiro atoms. The number of rotatable bonds is 4. The van der Waals surface area contributed by atoms with E-state index in [1.54, 1.807) is 0 Å². The Labute approximate surface area is 308 Å². The molecular formula is C50H35N3. The van der Waals surface area contributed by atoms with Gasteiger partial charge in [0, 0.05) is 33.5 Å². The maximum Gasteiger partial charge on any atom is 0.0963 e. The van der Waals surface area contributed by atoms with Gasteiger partial charge in [0.15, 0.2) is 0 Å². The SMILES string of the molecule is CC1(C)c2ccccc2-n2c3cccnc3c3cc(-c4ccc(-n5c6ccc(-c7ccccc7)cc6c6cc(-c7ccccc7)ccc65)cc4)cc1c32. The van der Waals surface area contributed by atoms with E-state index in [0.717, 1.165) is 16.7 Å². The van der Waals surface area contributed by atoms with Gasteiger partial charge in [0.25, 0.3) is 0 Å². The van der Waals surface area contributed by atoms with E-state index < -0.39 is 0 Å². The van der Waals surface area contributed by atoms with Crippen molar-refractivity contribution in [3.8, 4) is 44.8 Å². The van der Waals surface area contributed by atoms with Crippen molar-refractivity contribution >= 4 is 43.7 Å². The zero-order valence-corrected chi connectivity index (χ0v) is 29.6. The Morgan fingerprint density at radius 3 is 1.64 bits per heavy atom. The van der Waals surface area contributed by atoms with E-state index in [1.807, 2.05) is 12.3 Å². The van der Waals surface area contributed by atoms with Crippen molar-refractivity contribution in [2.24, 2.45) is 0 Å². The van der Waals surface area contributed by atoms with Crippen LogP contribution in [0.4, 0.5) is 0 Å². The summed E-state index contributed by atoms with van der Waals surface area (Å²) in [7, 11) is 0. The molecule has 0 atom stereocenters. The predicted molar refractivity (Wildman–Crippen MR) is 221 cm³/mol. The van der Waals surface area contributed by atoms with E-state index in [2.05, 4.69) is 187 Å². The first-order valence-electron chi connectivity index (χ1n) is 18.4. The van der Waals surface area contributed by atoms with Crippen LogP contribution < -0.4 is 0 Å². The Morgan fingerprint density at radius 2 is 0.981 bits per heavy atom. The van der Waals surface area contributed by atoms with Gasteiger partial charge in [-0.2, -0.15) is 0 Å². The molecule has 0 saturated carbocycles. The zero-order valence-electron chi connectivity index (χ0n) is 29.6. The van der Waals surface area contributed by atoms with Gasteiger partial charge in [0.2, 0.25) is 0 Å². The molecule has 0 unspecified atom stereocenters. The van der Waals surface area contributed by atoms with Crippen LogP contribution in [0.15, 0.2) is 176 Å². The third kappa shape index (κ3) is 4.37. The maximum absolute atomic E-state index is 4.93. The highest BCUT2D eigenvalue weighted by atomic mass is 15.0. The van der Waals surface area contributed by atoms with Crippen molar-refractivity contribution in [1.82, 2.24) is 14.1 Å². The van der Waals surface area contributed by atoms with E-state index in [0.29, 0.717) is 0 Å². The van der Waals surface area contributed by atoms with Gasteiger partial charge in [-0.25, -0.2) is 0 Å². The van der Waals surface area contributed by atoms with Crippen molar-refractivity contribution in [3.63, 3.8) is 0 Å². The Morgan fingerprint density at radius 1 is 0.415 bits per heavy atom. The fourth-order valence-corrected chi connectivity index (χ4v) is 8.92. The molecule has 3 nitrogen and oxygen atoms in total. The second-order valence-electron chi connectivity index (χ2n) is 14.8. The second kappa shape index (κ2) is 11.1. The molecular weight excluding hydrogens is 643 g/mol. The highest BCUT2D eigenvalue weighted by Crippen LogP contribution is 2.48. The summed E-state index contributed by atoms with van der Waals surface area (Å²) in [6, 6.07) is 62.1. The Balaban J connectivity index is 1.09. The summed E-state index contributed by atoms with van der Waals surface area (Å²) in [4.78, 5) is 4.93. The van der Waals surface area contributed by atoms with Gasteiger partial charge in [-0.1, -0.05) is 117 Å². The van der Waals surface area contributed by atoms with Gasteiger partial charge in [0.05, 0.1) is 33.3 Å². The Hall–Kier alpha value is -6.71. The minimum Gasteiger partial charge on any atom is -0.309 e. The molecule has 7 aromatic carbocycles. The lowest BCUT2D eigenvalue weighted by Gasteiger charge is -2.35. The highest BCUT2D eigenvalue weighted by molar-refractivity contribution is 6.12. The molecule has 53 heavy (non-hydrogen) atoms. The van der Waals surface area contributed by atoms with Crippen LogP contribution in [0.3, 0.4) is 0 Å². The number of benzene rings is 7. The number of hydrogen-bond donors (Lipinski definition) is 0. The molecule has 0 aliphatic carbocycles. The van der Waals surface area contributed by atoms with E-state index >= 15 is 0 Å². The molecule has 10 aromatic rings. The molecule has 0 radical (unpaired) electrons. The molecule has 11 rings (SSSR count). The molecule has 1 aliphatic heterocycles. The quantitative estimate of drug-likeness (QED) is 0.182. The van der Waals surface area contributed by atoms with E-state index in [-0.39, 0.29) is 5.41 Å². The van der Waals surface area contributed by atoms with Gasteiger partial charge in [-0.05, 0) is 111 Å². The summed E-state index contributed by atoms with van der Waals surface area (Å²) in [6.45, 7) is 4.72. The van der Waals surface area contributed by atoms with Crippen LogP contribution in [-0.4, -0.2) is 14.1 Å². The van der Waals surface area contributed by atoms with Crippen molar-refractivity contribution in [2.75, 3.05) is 0 Å². The number of para-hydroxylation sites is 1. The van der Waals surface area contributed by atoms with Crippen LogP contribution in [0.5, 0.6) is 0 Å². The van der Waals surface area contributed by atoms with Crippen LogP contribution in [0.25, 0.3) is 88.5 Å². The summed E-state index contributed by atoms with van der Waals surface area (Å²) < 4.78 is 4.84. The van der Waals surface area contributed by atoms with Gasteiger partial charge < -0.3 is 9.13 Å².